The van der Waals surface area contributed by atoms with Crippen LogP contribution >= 0.6 is 0 Å². The quantitative estimate of drug-likeness (QED) is 0.445. The predicted octanol–water partition coefficient (Wildman–Crippen LogP) is 3.82. The summed E-state index contributed by atoms with van der Waals surface area (Å²) in [6, 6.07) is 12.4. The van der Waals surface area contributed by atoms with E-state index in [9.17, 15) is 8.42 Å². The highest BCUT2D eigenvalue weighted by Gasteiger charge is 2.23. The van der Waals surface area contributed by atoms with Crippen molar-refractivity contribution in [3.05, 3.63) is 48.4 Å². The Morgan fingerprint density at radius 1 is 1.03 bits per heavy atom. The third-order valence-corrected chi connectivity index (χ3v) is 6.99. The van der Waals surface area contributed by atoms with E-state index in [0.717, 1.165) is 11.3 Å². The maximum atomic E-state index is 12.9. The number of benzene rings is 2. The fraction of sp³-hybridized carbons (Fsp3) is 0.364. The molecular weight excluding hydrogens is 430 g/mol. The second-order valence-electron chi connectivity index (χ2n) is 6.89. The molecule has 0 bridgehead atoms. The van der Waals surface area contributed by atoms with Crippen LogP contribution in [0.15, 0.2) is 51.9 Å². The minimum absolute atomic E-state index is 0.227. The molecule has 3 aromatic rings. The van der Waals surface area contributed by atoms with Crippen LogP contribution in [0, 0.1) is 0 Å². The fourth-order valence-corrected chi connectivity index (χ4v) is 4.81. The Morgan fingerprint density at radius 2 is 1.78 bits per heavy atom. The number of aromatic nitrogens is 2. The van der Waals surface area contributed by atoms with E-state index in [2.05, 4.69) is 20.8 Å². The molecule has 3 rings (SSSR count). The Balaban J connectivity index is 1.85. The van der Waals surface area contributed by atoms with Crippen LogP contribution in [0.1, 0.15) is 26.7 Å². The van der Waals surface area contributed by atoms with Crippen molar-refractivity contribution in [3.8, 4) is 17.1 Å². The number of sulfonamides is 1. The SMILES string of the molecule is CCNc1ccc(S(=O)(=O)N(CC)CC)cc1NCc1nc(-c2ccccc2OC)no1. The number of methoxy groups -OCH3 is 1. The first-order chi connectivity index (χ1) is 15.4. The number of ether oxygens (including phenoxy) is 1. The summed E-state index contributed by atoms with van der Waals surface area (Å²) in [5.41, 5.74) is 2.15. The number of rotatable bonds is 11. The van der Waals surface area contributed by atoms with Gasteiger partial charge in [0.25, 0.3) is 0 Å². The predicted molar refractivity (Wildman–Crippen MR) is 124 cm³/mol. The highest BCUT2D eigenvalue weighted by atomic mass is 32.2. The van der Waals surface area contributed by atoms with Crippen molar-refractivity contribution in [1.82, 2.24) is 14.4 Å². The number of nitrogens with one attached hydrogen (secondary N) is 2. The summed E-state index contributed by atoms with van der Waals surface area (Å²) in [6.45, 7) is 7.35. The van der Waals surface area contributed by atoms with Crippen molar-refractivity contribution < 1.29 is 17.7 Å². The molecule has 1 aromatic heterocycles. The van der Waals surface area contributed by atoms with Gasteiger partial charge in [0.05, 0.1) is 35.5 Å². The molecule has 0 atom stereocenters. The summed E-state index contributed by atoms with van der Waals surface area (Å²) in [5, 5.41) is 10.5. The van der Waals surface area contributed by atoms with Gasteiger partial charge in [-0.2, -0.15) is 9.29 Å². The van der Waals surface area contributed by atoms with Crippen molar-refractivity contribution in [2.45, 2.75) is 32.2 Å². The van der Waals surface area contributed by atoms with Crippen molar-refractivity contribution >= 4 is 21.4 Å². The van der Waals surface area contributed by atoms with Gasteiger partial charge in [-0.15, -0.1) is 0 Å². The second-order valence-corrected chi connectivity index (χ2v) is 8.83. The lowest BCUT2D eigenvalue weighted by Crippen LogP contribution is -2.30. The molecule has 172 valence electrons. The van der Waals surface area contributed by atoms with Gasteiger partial charge in [0.15, 0.2) is 0 Å². The zero-order valence-electron chi connectivity index (χ0n) is 18.8. The summed E-state index contributed by atoms with van der Waals surface area (Å²) < 4.78 is 38.0. The van der Waals surface area contributed by atoms with Crippen LogP contribution < -0.4 is 15.4 Å². The molecule has 0 fully saturated rings. The average Bonchev–Trinajstić information content (AvgIpc) is 3.28. The van der Waals surface area contributed by atoms with Gasteiger partial charge in [-0.3, -0.25) is 0 Å². The molecule has 0 aliphatic carbocycles. The van der Waals surface area contributed by atoms with E-state index >= 15 is 0 Å². The third-order valence-electron chi connectivity index (χ3n) is 4.95. The van der Waals surface area contributed by atoms with E-state index in [0.29, 0.717) is 42.8 Å². The molecule has 0 radical (unpaired) electrons. The molecule has 0 aliphatic rings. The van der Waals surface area contributed by atoms with E-state index in [-0.39, 0.29) is 11.4 Å². The fourth-order valence-electron chi connectivity index (χ4n) is 3.32. The minimum atomic E-state index is -3.58. The second kappa shape index (κ2) is 10.5. The van der Waals surface area contributed by atoms with Gasteiger partial charge < -0.3 is 19.9 Å². The first-order valence-electron chi connectivity index (χ1n) is 10.5. The topological polar surface area (TPSA) is 110 Å². The largest absolute Gasteiger partial charge is 0.496 e. The Bertz CT molecular complexity index is 1140. The number of para-hydroxylation sites is 1. The molecule has 2 aromatic carbocycles. The van der Waals surface area contributed by atoms with Gasteiger partial charge >= 0.3 is 0 Å². The molecule has 0 unspecified atom stereocenters. The van der Waals surface area contributed by atoms with Crippen LogP contribution in [0.2, 0.25) is 0 Å². The maximum absolute atomic E-state index is 12.9. The summed E-state index contributed by atoms with van der Waals surface area (Å²) in [6.07, 6.45) is 0. The minimum Gasteiger partial charge on any atom is -0.496 e. The first-order valence-corrected chi connectivity index (χ1v) is 12.0. The molecular formula is C22H29N5O4S. The van der Waals surface area contributed by atoms with Crippen molar-refractivity contribution in [1.29, 1.82) is 0 Å². The van der Waals surface area contributed by atoms with Crippen molar-refractivity contribution in [2.75, 3.05) is 37.4 Å². The molecule has 0 saturated carbocycles. The molecule has 9 nitrogen and oxygen atoms in total. The van der Waals surface area contributed by atoms with Gasteiger partial charge in [0.2, 0.25) is 21.7 Å². The molecule has 0 saturated heterocycles. The van der Waals surface area contributed by atoms with Gasteiger partial charge in [-0.25, -0.2) is 8.42 Å². The van der Waals surface area contributed by atoms with E-state index in [1.54, 1.807) is 25.3 Å². The average molecular weight is 460 g/mol. The normalized spacial score (nSPS) is 11.5. The number of nitrogens with zero attached hydrogens (tertiary/aromatic N) is 3. The third kappa shape index (κ3) is 5.03. The van der Waals surface area contributed by atoms with Gasteiger partial charge in [-0.05, 0) is 37.3 Å². The van der Waals surface area contributed by atoms with Crippen LogP contribution in [0.4, 0.5) is 11.4 Å². The lowest BCUT2D eigenvalue weighted by atomic mass is 10.2. The van der Waals surface area contributed by atoms with Crippen LogP contribution in [0.5, 0.6) is 5.75 Å². The van der Waals surface area contributed by atoms with Crippen LogP contribution in [-0.4, -0.2) is 49.6 Å². The van der Waals surface area contributed by atoms with Crippen molar-refractivity contribution in [2.24, 2.45) is 0 Å². The Morgan fingerprint density at radius 3 is 2.47 bits per heavy atom. The van der Waals surface area contributed by atoms with Gasteiger partial charge in [0, 0.05) is 19.6 Å². The zero-order valence-corrected chi connectivity index (χ0v) is 19.6. The number of anilines is 2. The lowest BCUT2D eigenvalue weighted by molar-refractivity contribution is 0.383. The Kier molecular flexibility index (Phi) is 7.70. The summed E-state index contributed by atoms with van der Waals surface area (Å²) in [4.78, 5) is 4.67. The molecule has 10 heteroatoms. The standard InChI is InChI=1S/C22H29N5O4S/c1-5-23-18-13-12-16(32(28,29)27(6-2)7-3)14-19(18)24-15-21-25-22(26-31-21)17-10-8-9-11-20(17)30-4/h8-14,23-24H,5-7,15H2,1-4H3. The molecule has 0 aliphatic heterocycles. The highest BCUT2D eigenvalue weighted by molar-refractivity contribution is 7.89. The van der Waals surface area contributed by atoms with Gasteiger partial charge in [0.1, 0.15) is 5.75 Å². The van der Waals surface area contributed by atoms with Crippen LogP contribution in [0.3, 0.4) is 0 Å². The molecule has 1 heterocycles. The summed E-state index contributed by atoms with van der Waals surface area (Å²) in [7, 11) is -1.99. The molecule has 0 spiro atoms. The van der Waals surface area contributed by atoms with Crippen LogP contribution in [0.25, 0.3) is 11.4 Å². The summed E-state index contributed by atoms with van der Waals surface area (Å²) >= 11 is 0. The maximum Gasteiger partial charge on any atom is 0.246 e. The van der Waals surface area contributed by atoms with Crippen molar-refractivity contribution in [3.63, 3.8) is 0 Å². The summed E-state index contributed by atoms with van der Waals surface area (Å²) in [5.74, 6) is 1.44. The smallest absolute Gasteiger partial charge is 0.246 e. The Labute approximate surface area is 188 Å². The molecule has 2 N–H and O–H groups in total. The first kappa shape index (κ1) is 23.6. The monoisotopic (exact) mass is 459 g/mol. The van der Waals surface area contributed by atoms with Crippen LogP contribution in [-0.2, 0) is 16.6 Å². The molecule has 0 amide bonds. The zero-order chi connectivity index (χ0) is 23.1. The lowest BCUT2D eigenvalue weighted by Gasteiger charge is -2.20. The van der Waals surface area contributed by atoms with E-state index in [1.807, 2.05) is 45.0 Å². The Hall–Kier alpha value is -3.11. The van der Waals surface area contributed by atoms with E-state index in [1.165, 1.54) is 4.31 Å². The number of hydrogen-bond acceptors (Lipinski definition) is 8. The van der Waals surface area contributed by atoms with E-state index < -0.39 is 10.0 Å². The van der Waals surface area contributed by atoms with Gasteiger partial charge in [-0.1, -0.05) is 31.1 Å². The highest BCUT2D eigenvalue weighted by Crippen LogP contribution is 2.29. The number of hydrogen-bond donors (Lipinski definition) is 2. The van der Waals surface area contributed by atoms with E-state index in [4.69, 9.17) is 9.26 Å². The molecule has 32 heavy (non-hydrogen) atoms.